The average Bonchev–Trinajstić information content (AvgIpc) is 2.36. The Morgan fingerprint density at radius 2 is 1.90 bits per heavy atom. The summed E-state index contributed by atoms with van der Waals surface area (Å²) in [5.74, 6) is -0.719. The molecule has 0 bridgehead atoms. The van der Waals surface area contributed by atoms with Crippen molar-refractivity contribution in [3.8, 4) is 6.07 Å². The predicted molar refractivity (Wildman–Crippen MR) is 77.2 cm³/mol. The van der Waals surface area contributed by atoms with E-state index in [4.69, 9.17) is 15.7 Å². The Labute approximate surface area is 123 Å². The van der Waals surface area contributed by atoms with Gasteiger partial charge in [0.05, 0.1) is 11.6 Å². The fraction of sp³-hybridized carbons (Fsp3) is 0.400. The van der Waals surface area contributed by atoms with Crippen molar-refractivity contribution in [2.75, 3.05) is 0 Å². The number of nitriles is 1. The lowest BCUT2D eigenvalue weighted by molar-refractivity contribution is -0.126. The minimum atomic E-state index is -1.06. The molecule has 1 aromatic rings. The molecule has 21 heavy (non-hydrogen) atoms. The molecular weight excluding hydrogens is 270 g/mol. The third-order valence-corrected chi connectivity index (χ3v) is 2.55. The van der Waals surface area contributed by atoms with Crippen LogP contribution in [0.1, 0.15) is 31.9 Å². The molecule has 0 aliphatic carbocycles. The summed E-state index contributed by atoms with van der Waals surface area (Å²) in [7, 11) is 0. The first-order chi connectivity index (χ1) is 9.71. The van der Waals surface area contributed by atoms with Gasteiger partial charge < -0.3 is 15.8 Å². The largest absolute Gasteiger partial charge is 0.436 e. The number of rotatable bonds is 4. The summed E-state index contributed by atoms with van der Waals surface area (Å²) in [6.45, 7) is 5.40. The first-order valence-electron chi connectivity index (χ1n) is 6.48. The normalized spacial score (nSPS) is 12.1. The molecule has 3 N–H and O–H groups in total. The number of amides is 2. The molecule has 0 radical (unpaired) electrons. The van der Waals surface area contributed by atoms with Crippen molar-refractivity contribution in [3.05, 3.63) is 35.4 Å². The number of benzene rings is 1. The molecule has 0 aromatic heterocycles. The summed E-state index contributed by atoms with van der Waals surface area (Å²) in [6.07, 6.45) is -1.58. The molecule has 0 heterocycles. The first kappa shape index (κ1) is 16.5. The number of nitrogens with zero attached hydrogens (tertiary/aromatic N) is 1. The van der Waals surface area contributed by atoms with E-state index in [9.17, 15) is 9.59 Å². The molecule has 1 unspecified atom stereocenters. The third-order valence-electron chi connectivity index (χ3n) is 2.55. The number of hydrogen-bond donors (Lipinski definition) is 2. The van der Waals surface area contributed by atoms with Crippen molar-refractivity contribution < 1.29 is 14.3 Å². The molecule has 1 rings (SSSR count). The van der Waals surface area contributed by atoms with Gasteiger partial charge in [-0.15, -0.1) is 0 Å². The summed E-state index contributed by atoms with van der Waals surface area (Å²) < 4.78 is 5.06. The Balaban J connectivity index is 2.72. The van der Waals surface area contributed by atoms with Crippen molar-refractivity contribution in [1.82, 2.24) is 5.32 Å². The molecule has 0 saturated carbocycles. The second-order valence-corrected chi connectivity index (χ2v) is 5.68. The van der Waals surface area contributed by atoms with Crippen LogP contribution in [0, 0.1) is 11.3 Å². The van der Waals surface area contributed by atoms with E-state index >= 15 is 0 Å². The zero-order chi connectivity index (χ0) is 16.0. The van der Waals surface area contributed by atoms with Gasteiger partial charge in [0.1, 0.15) is 0 Å². The maximum absolute atomic E-state index is 11.7. The van der Waals surface area contributed by atoms with Crippen LogP contribution in [0.5, 0.6) is 0 Å². The van der Waals surface area contributed by atoms with Crippen LogP contribution >= 0.6 is 0 Å². The van der Waals surface area contributed by atoms with Crippen molar-refractivity contribution in [1.29, 1.82) is 5.26 Å². The molecule has 0 aliphatic rings. The van der Waals surface area contributed by atoms with E-state index in [-0.39, 0.29) is 6.42 Å². The molecule has 0 fully saturated rings. The van der Waals surface area contributed by atoms with Crippen LogP contribution in [0.4, 0.5) is 4.79 Å². The molecule has 2 amide bonds. The van der Waals surface area contributed by atoms with E-state index in [1.807, 2.05) is 6.07 Å². The first-order valence-corrected chi connectivity index (χ1v) is 6.48. The molecule has 0 aliphatic heterocycles. The lowest BCUT2D eigenvalue weighted by Crippen LogP contribution is -2.45. The highest BCUT2D eigenvalue weighted by molar-refractivity contribution is 5.82. The van der Waals surface area contributed by atoms with E-state index in [1.54, 1.807) is 45.0 Å². The minimum Gasteiger partial charge on any atom is -0.436 e. The Morgan fingerprint density at radius 1 is 1.33 bits per heavy atom. The zero-order valence-corrected chi connectivity index (χ0v) is 12.3. The fourth-order valence-corrected chi connectivity index (χ4v) is 1.59. The highest BCUT2D eigenvalue weighted by Crippen LogP contribution is 2.09. The van der Waals surface area contributed by atoms with Gasteiger partial charge >= 0.3 is 6.09 Å². The Morgan fingerprint density at radius 3 is 2.33 bits per heavy atom. The van der Waals surface area contributed by atoms with Crippen LogP contribution in [0.2, 0.25) is 0 Å². The van der Waals surface area contributed by atoms with Crippen LogP contribution in [0.15, 0.2) is 24.3 Å². The minimum absolute atomic E-state index is 0.165. The van der Waals surface area contributed by atoms with Crippen LogP contribution in [0.3, 0.4) is 0 Å². The van der Waals surface area contributed by atoms with E-state index < -0.39 is 23.6 Å². The smallest absolute Gasteiger partial charge is 0.408 e. The highest BCUT2D eigenvalue weighted by atomic mass is 16.6. The lowest BCUT2D eigenvalue weighted by atomic mass is 10.1. The van der Waals surface area contributed by atoms with E-state index in [0.717, 1.165) is 5.56 Å². The fourth-order valence-electron chi connectivity index (χ4n) is 1.59. The molecule has 1 atom stereocenters. The second-order valence-electron chi connectivity index (χ2n) is 5.68. The molecule has 6 nitrogen and oxygen atoms in total. The molecule has 0 spiro atoms. The monoisotopic (exact) mass is 289 g/mol. The van der Waals surface area contributed by atoms with Crippen LogP contribution in [-0.4, -0.2) is 23.6 Å². The number of primary amides is 1. The molecular formula is C15H19N3O3. The van der Waals surface area contributed by atoms with Crippen molar-refractivity contribution >= 4 is 12.0 Å². The lowest BCUT2D eigenvalue weighted by Gasteiger charge is -2.22. The van der Waals surface area contributed by atoms with Crippen molar-refractivity contribution in [3.63, 3.8) is 0 Å². The maximum Gasteiger partial charge on any atom is 0.408 e. The topological polar surface area (TPSA) is 105 Å². The van der Waals surface area contributed by atoms with Gasteiger partial charge in [0.2, 0.25) is 0 Å². The summed E-state index contributed by atoms with van der Waals surface area (Å²) in [6, 6.07) is 8.64. The molecule has 1 aromatic carbocycles. The van der Waals surface area contributed by atoms with Gasteiger partial charge in [0.15, 0.2) is 6.10 Å². The number of nitrogens with two attached hydrogens (primary N) is 1. The van der Waals surface area contributed by atoms with Gasteiger partial charge in [0, 0.05) is 12.0 Å². The Hall–Kier alpha value is -2.55. The Bertz CT molecular complexity index is 553. The van der Waals surface area contributed by atoms with E-state index in [1.165, 1.54) is 0 Å². The second kappa shape index (κ2) is 6.75. The van der Waals surface area contributed by atoms with E-state index in [0.29, 0.717) is 5.56 Å². The van der Waals surface area contributed by atoms with Crippen LogP contribution in [0.25, 0.3) is 0 Å². The zero-order valence-electron chi connectivity index (χ0n) is 12.3. The number of carbonyl (C=O) groups excluding carboxylic acids is 2. The number of ether oxygens (including phenoxy) is 1. The number of alkyl carbamates (subject to hydrolysis) is 1. The summed E-state index contributed by atoms with van der Waals surface area (Å²) in [5, 5.41) is 11.3. The summed E-state index contributed by atoms with van der Waals surface area (Å²) >= 11 is 0. The number of nitrogens with one attached hydrogen (secondary N) is 1. The van der Waals surface area contributed by atoms with Crippen LogP contribution in [-0.2, 0) is 16.0 Å². The maximum atomic E-state index is 11.7. The molecule has 0 saturated heterocycles. The molecule has 112 valence electrons. The van der Waals surface area contributed by atoms with Gasteiger partial charge in [-0.1, -0.05) is 12.1 Å². The van der Waals surface area contributed by atoms with Gasteiger partial charge in [-0.2, -0.15) is 5.26 Å². The van der Waals surface area contributed by atoms with E-state index in [2.05, 4.69) is 5.32 Å². The highest BCUT2D eigenvalue weighted by Gasteiger charge is 2.23. The average molecular weight is 289 g/mol. The molecule has 6 heteroatoms. The van der Waals surface area contributed by atoms with Gasteiger partial charge in [0.25, 0.3) is 5.91 Å². The predicted octanol–water partition coefficient (Wildman–Crippen LogP) is 1.48. The van der Waals surface area contributed by atoms with Gasteiger partial charge in [-0.3, -0.25) is 4.79 Å². The summed E-state index contributed by atoms with van der Waals surface area (Å²) in [4.78, 5) is 23.1. The van der Waals surface area contributed by atoms with Gasteiger partial charge in [-0.05, 0) is 38.5 Å². The van der Waals surface area contributed by atoms with Crippen molar-refractivity contribution in [2.24, 2.45) is 5.73 Å². The number of carbonyl (C=O) groups is 2. The SMILES string of the molecule is CC(C)(C)NC(=O)OC(Cc1ccc(C#N)cc1)C(N)=O. The third kappa shape index (κ3) is 5.95. The van der Waals surface area contributed by atoms with Gasteiger partial charge in [-0.25, -0.2) is 4.79 Å². The van der Waals surface area contributed by atoms with Crippen molar-refractivity contribution in [2.45, 2.75) is 38.8 Å². The quantitative estimate of drug-likeness (QED) is 0.875. The number of hydrogen-bond acceptors (Lipinski definition) is 4. The summed E-state index contributed by atoms with van der Waals surface area (Å²) in [5.41, 5.74) is 6.06. The standard InChI is InChI=1S/C15H19N3O3/c1-15(2,3)18-14(20)21-12(13(17)19)8-10-4-6-11(9-16)7-5-10/h4-7,12H,8H2,1-3H3,(H2,17,19)(H,18,20). The Kier molecular flexibility index (Phi) is 5.30. The van der Waals surface area contributed by atoms with Crippen LogP contribution < -0.4 is 11.1 Å².